The fourth-order valence-corrected chi connectivity index (χ4v) is 3.29. The van der Waals surface area contributed by atoms with Gasteiger partial charge in [-0.1, -0.05) is 23.7 Å². The Kier molecular flexibility index (Phi) is 6.63. The minimum Gasteiger partial charge on any atom is -0.267 e. The van der Waals surface area contributed by atoms with Gasteiger partial charge in [-0.15, -0.1) is 11.8 Å². The molecular weight excluding hydrogens is 378 g/mol. The van der Waals surface area contributed by atoms with Crippen LogP contribution in [-0.2, 0) is 5.75 Å². The van der Waals surface area contributed by atoms with Crippen molar-refractivity contribution in [1.82, 2.24) is 10.4 Å². The highest BCUT2D eigenvalue weighted by Gasteiger charge is 2.05. The third-order valence-electron chi connectivity index (χ3n) is 3.86. The van der Waals surface area contributed by atoms with Gasteiger partial charge in [0.1, 0.15) is 0 Å². The average Bonchev–Trinajstić information content (AvgIpc) is 2.72. The zero-order valence-corrected chi connectivity index (χ0v) is 16.3. The maximum atomic E-state index is 12.3. The molecular formula is C21H18ClN3OS. The Hall–Kier alpha value is -2.63. The SMILES string of the molecule is CC(=NNC(=O)c1ccc(CSc2ccc(Cl)cc2)cc1)c1ccncc1. The first kappa shape index (κ1) is 19.1. The second kappa shape index (κ2) is 9.35. The predicted octanol–water partition coefficient (Wildman–Crippen LogP) is 5.18. The van der Waals surface area contributed by atoms with Crippen molar-refractivity contribution in [2.75, 3.05) is 0 Å². The summed E-state index contributed by atoms with van der Waals surface area (Å²) in [5.41, 5.74) is 5.94. The van der Waals surface area contributed by atoms with E-state index in [9.17, 15) is 4.79 Å². The molecule has 27 heavy (non-hydrogen) atoms. The lowest BCUT2D eigenvalue weighted by Gasteiger charge is -2.05. The van der Waals surface area contributed by atoms with E-state index >= 15 is 0 Å². The summed E-state index contributed by atoms with van der Waals surface area (Å²) in [4.78, 5) is 17.4. The van der Waals surface area contributed by atoms with E-state index in [1.807, 2.05) is 67.6 Å². The van der Waals surface area contributed by atoms with E-state index < -0.39 is 0 Å². The Morgan fingerprint density at radius 1 is 1.00 bits per heavy atom. The molecule has 0 unspecified atom stereocenters. The van der Waals surface area contributed by atoms with Gasteiger partial charge < -0.3 is 0 Å². The standard InChI is InChI=1S/C21H18ClN3OS/c1-15(17-10-12-23-13-11-17)24-25-21(26)18-4-2-16(3-5-18)14-27-20-8-6-19(22)7-9-20/h2-13H,14H2,1H3,(H,25,26). The highest BCUT2D eigenvalue weighted by Crippen LogP contribution is 2.24. The van der Waals surface area contributed by atoms with Crippen molar-refractivity contribution in [3.63, 3.8) is 0 Å². The molecule has 0 atom stereocenters. The Morgan fingerprint density at radius 2 is 1.67 bits per heavy atom. The summed E-state index contributed by atoms with van der Waals surface area (Å²) in [5, 5.41) is 4.88. The molecule has 0 spiro atoms. The van der Waals surface area contributed by atoms with Gasteiger partial charge in [0.15, 0.2) is 0 Å². The molecule has 2 aromatic carbocycles. The second-order valence-corrected chi connectivity index (χ2v) is 7.30. The van der Waals surface area contributed by atoms with E-state index in [0.717, 1.165) is 32.5 Å². The quantitative estimate of drug-likeness (QED) is 0.355. The lowest BCUT2D eigenvalue weighted by Crippen LogP contribution is -2.19. The normalized spacial score (nSPS) is 11.3. The van der Waals surface area contributed by atoms with Crippen LogP contribution in [0.15, 0.2) is 83.1 Å². The van der Waals surface area contributed by atoms with Gasteiger partial charge in [-0.05, 0) is 61.0 Å². The van der Waals surface area contributed by atoms with Crippen molar-refractivity contribution in [2.45, 2.75) is 17.6 Å². The molecule has 0 saturated carbocycles. The van der Waals surface area contributed by atoms with Crippen LogP contribution in [0.2, 0.25) is 5.02 Å². The summed E-state index contributed by atoms with van der Waals surface area (Å²) in [7, 11) is 0. The lowest BCUT2D eigenvalue weighted by molar-refractivity contribution is 0.0955. The zero-order valence-electron chi connectivity index (χ0n) is 14.7. The summed E-state index contributed by atoms with van der Waals surface area (Å²) >= 11 is 7.62. The number of hydrogen-bond acceptors (Lipinski definition) is 4. The van der Waals surface area contributed by atoms with Crippen molar-refractivity contribution in [3.05, 3.63) is 94.8 Å². The highest BCUT2D eigenvalue weighted by molar-refractivity contribution is 7.98. The first-order chi connectivity index (χ1) is 13.1. The molecule has 0 bridgehead atoms. The molecule has 0 radical (unpaired) electrons. The van der Waals surface area contributed by atoms with E-state index in [4.69, 9.17) is 11.6 Å². The van der Waals surface area contributed by atoms with Crippen LogP contribution < -0.4 is 5.43 Å². The zero-order chi connectivity index (χ0) is 19.1. The minimum atomic E-state index is -0.236. The summed E-state index contributed by atoms with van der Waals surface area (Å²) < 4.78 is 0. The van der Waals surface area contributed by atoms with Gasteiger partial charge in [0.25, 0.3) is 5.91 Å². The largest absolute Gasteiger partial charge is 0.271 e. The number of amides is 1. The number of hydrazone groups is 1. The Bertz CT molecular complexity index is 926. The molecule has 1 aromatic heterocycles. The van der Waals surface area contributed by atoms with Crippen molar-refractivity contribution in [1.29, 1.82) is 0 Å². The van der Waals surface area contributed by atoms with Crippen molar-refractivity contribution in [2.24, 2.45) is 5.10 Å². The molecule has 4 nitrogen and oxygen atoms in total. The first-order valence-electron chi connectivity index (χ1n) is 8.34. The van der Waals surface area contributed by atoms with E-state index in [0.29, 0.717) is 5.56 Å². The summed E-state index contributed by atoms with van der Waals surface area (Å²) in [6.45, 7) is 1.84. The summed E-state index contributed by atoms with van der Waals surface area (Å²) in [6.07, 6.45) is 3.38. The van der Waals surface area contributed by atoms with Crippen LogP contribution in [0.1, 0.15) is 28.4 Å². The minimum absolute atomic E-state index is 0.236. The molecule has 0 fully saturated rings. The van der Waals surface area contributed by atoms with Crippen LogP contribution in [0.25, 0.3) is 0 Å². The number of rotatable bonds is 6. The number of carbonyl (C=O) groups excluding carboxylic acids is 1. The summed E-state index contributed by atoms with van der Waals surface area (Å²) in [6, 6.07) is 19.0. The smallest absolute Gasteiger partial charge is 0.267 e. The fraction of sp³-hybridized carbons (Fsp3) is 0.0952. The third-order valence-corrected chi connectivity index (χ3v) is 5.19. The third kappa shape index (κ3) is 5.67. The molecule has 1 heterocycles. The topological polar surface area (TPSA) is 54.4 Å². The first-order valence-corrected chi connectivity index (χ1v) is 9.70. The van der Waals surface area contributed by atoms with Gasteiger partial charge in [0, 0.05) is 39.2 Å². The van der Waals surface area contributed by atoms with E-state index in [2.05, 4.69) is 15.5 Å². The van der Waals surface area contributed by atoms with Crippen molar-refractivity contribution < 1.29 is 4.79 Å². The molecule has 3 rings (SSSR count). The van der Waals surface area contributed by atoms with Crippen LogP contribution in [0.4, 0.5) is 0 Å². The van der Waals surface area contributed by atoms with E-state index in [1.165, 1.54) is 0 Å². The number of benzene rings is 2. The fourth-order valence-electron chi connectivity index (χ4n) is 2.31. The molecule has 1 N–H and O–H groups in total. The van der Waals surface area contributed by atoms with Gasteiger partial charge in [-0.25, -0.2) is 5.43 Å². The van der Waals surface area contributed by atoms with E-state index in [-0.39, 0.29) is 5.91 Å². The summed E-state index contributed by atoms with van der Waals surface area (Å²) in [5.74, 6) is 0.586. The monoisotopic (exact) mass is 395 g/mol. The van der Waals surface area contributed by atoms with Crippen LogP contribution in [0, 0.1) is 0 Å². The van der Waals surface area contributed by atoms with Crippen LogP contribution in [-0.4, -0.2) is 16.6 Å². The van der Waals surface area contributed by atoms with Crippen molar-refractivity contribution >= 4 is 35.0 Å². The predicted molar refractivity (Wildman–Crippen MR) is 111 cm³/mol. The maximum Gasteiger partial charge on any atom is 0.271 e. The number of nitrogens with one attached hydrogen (secondary N) is 1. The Labute approximate surface area is 167 Å². The van der Waals surface area contributed by atoms with Crippen molar-refractivity contribution in [3.8, 4) is 0 Å². The number of aromatic nitrogens is 1. The number of hydrogen-bond donors (Lipinski definition) is 1. The van der Waals surface area contributed by atoms with Gasteiger partial charge in [-0.2, -0.15) is 5.10 Å². The molecule has 3 aromatic rings. The van der Waals surface area contributed by atoms with Gasteiger partial charge in [-0.3, -0.25) is 9.78 Å². The Balaban J connectivity index is 1.56. The average molecular weight is 396 g/mol. The van der Waals surface area contributed by atoms with Crippen LogP contribution in [0.3, 0.4) is 0 Å². The molecule has 0 aliphatic carbocycles. The number of thioether (sulfide) groups is 1. The number of nitrogens with zero attached hydrogens (tertiary/aromatic N) is 2. The van der Waals surface area contributed by atoms with Gasteiger partial charge in [0.2, 0.25) is 0 Å². The van der Waals surface area contributed by atoms with Gasteiger partial charge >= 0.3 is 0 Å². The molecule has 0 aliphatic rings. The highest BCUT2D eigenvalue weighted by atomic mass is 35.5. The molecule has 1 amide bonds. The van der Waals surface area contributed by atoms with Crippen LogP contribution in [0.5, 0.6) is 0 Å². The molecule has 0 aliphatic heterocycles. The van der Waals surface area contributed by atoms with E-state index in [1.54, 1.807) is 24.2 Å². The molecule has 0 saturated heterocycles. The number of halogens is 1. The lowest BCUT2D eigenvalue weighted by atomic mass is 10.1. The maximum absolute atomic E-state index is 12.3. The molecule has 136 valence electrons. The van der Waals surface area contributed by atoms with Crippen LogP contribution >= 0.6 is 23.4 Å². The number of pyridine rings is 1. The van der Waals surface area contributed by atoms with Gasteiger partial charge in [0.05, 0.1) is 5.71 Å². The Morgan fingerprint density at radius 3 is 2.33 bits per heavy atom. The molecule has 6 heteroatoms. The second-order valence-electron chi connectivity index (χ2n) is 5.81. The number of carbonyl (C=O) groups is 1.